The van der Waals surface area contributed by atoms with E-state index in [-0.39, 0.29) is 46.4 Å². The van der Waals surface area contributed by atoms with Crippen LogP contribution in [-0.2, 0) is 16.0 Å². The minimum absolute atomic E-state index is 0.171. The molecule has 1 aromatic carbocycles. The Balaban J connectivity index is 1.48. The van der Waals surface area contributed by atoms with Gasteiger partial charge in [0.15, 0.2) is 0 Å². The first-order valence-corrected chi connectivity index (χ1v) is 12.3. The van der Waals surface area contributed by atoms with Gasteiger partial charge in [-0.1, -0.05) is 5.16 Å². The van der Waals surface area contributed by atoms with Crippen molar-refractivity contribution in [3.63, 3.8) is 0 Å². The topological polar surface area (TPSA) is 124 Å². The zero-order valence-corrected chi connectivity index (χ0v) is 20.6. The molecule has 2 fully saturated rings. The molecule has 6 rings (SSSR count). The monoisotopic (exact) mass is 507 g/mol. The number of morpholine rings is 1. The van der Waals surface area contributed by atoms with E-state index in [1.165, 1.54) is 17.0 Å². The van der Waals surface area contributed by atoms with Crippen LogP contribution in [0.4, 0.5) is 4.39 Å². The second-order valence-electron chi connectivity index (χ2n) is 9.99. The van der Waals surface area contributed by atoms with Crippen LogP contribution in [0.15, 0.2) is 27.8 Å². The van der Waals surface area contributed by atoms with Crippen molar-refractivity contribution in [1.29, 1.82) is 5.26 Å². The van der Waals surface area contributed by atoms with E-state index < -0.39 is 11.4 Å². The minimum Gasteiger partial charge on any atom is -0.379 e. The maximum Gasteiger partial charge on any atom is 0.277 e. The molecule has 0 saturated carbocycles. The lowest BCUT2D eigenvalue weighted by Gasteiger charge is -2.27. The molecule has 1 unspecified atom stereocenters. The summed E-state index contributed by atoms with van der Waals surface area (Å²) < 4.78 is 34.6. The SMILES string of the molecule is CC1(C)CCC(c2nc(-c3ncn4c3c(=O)n(CCN3CCOCC3)c3c(C#N)c(F)ccc34)no2)O1. The molecule has 2 aliphatic heterocycles. The molecule has 37 heavy (non-hydrogen) atoms. The van der Waals surface area contributed by atoms with Gasteiger partial charge in [0.1, 0.15) is 41.1 Å². The molecule has 4 aromatic rings. The highest BCUT2D eigenvalue weighted by Gasteiger charge is 2.36. The lowest BCUT2D eigenvalue weighted by Crippen LogP contribution is -2.39. The number of imidazole rings is 1. The van der Waals surface area contributed by atoms with Crippen LogP contribution in [0.3, 0.4) is 0 Å². The molecule has 0 aliphatic carbocycles. The van der Waals surface area contributed by atoms with Crippen molar-refractivity contribution in [2.24, 2.45) is 0 Å². The van der Waals surface area contributed by atoms with Gasteiger partial charge in [0.2, 0.25) is 5.82 Å². The number of nitriles is 1. The van der Waals surface area contributed by atoms with Crippen LogP contribution in [0.2, 0.25) is 0 Å². The van der Waals surface area contributed by atoms with E-state index in [0.29, 0.717) is 31.2 Å². The molecule has 2 aliphatic rings. The number of fused-ring (bicyclic) bond motifs is 3. The third-order valence-electron chi connectivity index (χ3n) is 7.10. The van der Waals surface area contributed by atoms with Gasteiger partial charge in [-0.15, -0.1) is 0 Å². The normalized spacial score (nSPS) is 20.1. The fraction of sp³-hybridized carbons (Fsp3) is 0.480. The molecule has 12 heteroatoms. The first-order chi connectivity index (χ1) is 17.9. The van der Waals surface area contributed by atoms with Crippen molar-refractivity contribution in [1.82, 2.24) is 29.0 Å². The minimum atomic E-state index is -0.684. The van der Waals surface area contributed by atoms with Crippen LogP contribution >= 0.6 is 0 Å². The van der Waals surface area contributed by atoms with Crippen LogP contribution < -0.4 is 5.56 Å². The fourth-order valence-corrected chi connectivity index (χ4v) is 5.16. The van der Waals surface area contributed by atoms with Gasteiger partial charge in [-0.3, -0.25) is 14.1 Å². The standard InChI is InChI=1S/C25H26FN7O4/c1-25(2)6-5-18(36-25)23-29-22(30-37-23)19-21-24(34)32(8-7-31-9-11-35-12-10-31)20-15(13-27)16(26)3-4-17(20)33(21)14-28-19/h3-4,14,18H,5-12H2,1-2H3. The molecule has 0 radical (unpaired) electrons. The average Bonchev–Trinajstić information content (AvgIpc) is 3.62. The number of hydrogen-bond donors (Lipinski definition) is 0. The van der Waals surface area contributed by atoms with Crippen molar-refractivity contribution in [2.45, 2.75) is 44.9 Å². The summed E-state index contributed by atoms with van der Waals surface area (Å²) in [6, 6.07) is 4.70. The predicted molar refractivity (Wildman–Crippen MR) is 129 cm³/mol. The van der Waals surface area contributed by atoms with Gasteiger partial charge in [0.05, 0.1) is 29.8 Å². The third kappa shape index (κ3) is 4.09. The van der Waals surface area contributed by atoms with Crippen LogP contribution in [-0.4, -0.2) is 67.4 Å². The zero-order valence-electron chi connectivity index (χ0n) is 20.6. The van der Waals surface area contributed by atoms with Crippen LogP contribution in [0.1, 0.15) is 44.2 Å². The molecule has 0 amide bonds. The highest BCUT2D eigenvalue weighted by molar-refractivity contribution is 5.87. The number of hydrogen-bond acceptors (Lipinski definition) is 9. The van der Waals surface area contributed by atoms with Crippen molar-refractivity contribution < 1.29 is 18.4 Å². The Bertz CT molecular complexity index is 1590. The summed E-state index contributed by atoms with van der Waals surface area (Å²) >= 11 is 0. The van der Waals surface area contributed by atoms with E-state index in [2.05, 4.69) is 20.0 Å². The summed E-state index contributed by atoms with van der Waals surface area (Å²) in [5.41, 5.74) is 0.315. The Morgan fingerprint density at radius 1 is 1.22 bits per heavy atom. The van der Waals surface area contributed by atoms with Gasteiger partial charge >= 0.3 is 0 Å². The fourth-order valence-electron chi connectivity index (χ4n) is 5.16. The average molecular weight is 508 g/mol. The number of benzene rings is 1. The zero-order chi connectivity index (χ0) is 25.7. The third-order valence-corrected chi connectivity index (χ3v) is 7.10. The molecule has 0 bridgehead atoms. The van der Waals surface area contributed by atoms with Gasteiger partial charge in [-0.05, 0) is 38.8 Å². The Morgan fingerprint density at radius 3 is 2.76 bits per heavy atom. The molecule has 2 saturated heterocycles. The summed E-state index contributed by atoms with van der Waals surface area (Å²) in [5.74, 6) is -0.176. The van der Waals surface area contributed by atoms with Gasteiger partial charge in [-0.25, -0.2) is 9.37 Å². The molecule has 11 nitrogen and oxygen atoms in total. The van der Waals surface area contributed by atoms with Crippen molar-refractivity contribution >= 4 is 16.6 Å². The number of rotatable bonds is 5. The second kappa shape index (κ2) is 9.02. The quantitative estimate of drug-likeness (QED) is 0.401. The van der Waals surface area contributed by atoms with Crippen molar-refractivity contribution in [3.05, 3.63) is 46.1 Å². The summed E-state index contributed by atoms with van der Waals surface area (Å²) in [7, 11) is 0. The van der Waals surface area contributed by atoms with Crippen molar-refractivity contribution in [2.75, 3.05) is 32.8 Å². The van der Waals surface area contributed by atoms with Gasteiger partial charge in [0.25, 0.3) is 11.4 Å². The highest BCUT2D eigenvalue weighted by Crippen LogP contribution is 2.38. The van der Waals surface area contributed by atoms with Crippen molar-refractivity contribution in [3.8, 4) is 17.6 Å². The van der Waals surface area contributed by atoms with Gasteiger partial charge in [0, 0.05) is 26.2 Å². The highest BCUT2D eigenvalue weighted by atomic mass is 19.1. The Kier molecular flexibility index (Phi) is 5.78. The van der Waals surface area contributed by atoms with Gasteiger partial charge in [-0.2, -0.15) is 10.2 Å². The molecular formula is C25H26FN7O4. The number of nitrogens with zero attached hydrogens (tertiary/aromatic N) is 7. The number of halogens is 1. The number of ether oxygens (including phenoxy) is 2. The lowest BCUT2D eigenvalue weighted by molar-refractivity contribution is -0.0292. The Morgan fingerprint density at radius 2 is 2.03 bits per heavy atom. The van der Waals surface area contributed by atoms with E-state index in [1.54, 1.807) is 10.5 Å². The van der Waals surface area contributed by atoms with Crippen LogP contribution in [0.25, 0.3) is 28.1 Å². The van der Waals surface area contributed by atoms with Crippen LogP contribution in [0, 0.1) is 17.1 Å². The van der Waals surface area contributed by atoms with E-state index in [1.807, 2.05) is 19.9 Å². The van der Waals surface area contributed by atoms with Crippen LogP contribution in [0.5, 0.6) is 0 Å². The predicted octanol–water partition coefficient (Wildman–Crippen LogP) is 2.67. The Labute approximate surface area is 211 Å². The molecule has 1 atom stereocenters. The van der Waals surface area contributed by atoms with Gasteiger partial charge < -0.3 is 18.6 Å². The molecule has 0 N–H and O–H groups in total. The maximum atomic E-state index is 14.7. The summed E-state index contributed by atoms with van der Waals surface area (Å²) in [5, 5.41) is 13.8. The molecule has 0 spiro atoms. The number of aromatic nitrogens is 5. The van der Waals surface area contributed by atoms with E-state index in [9.17, 15) is 14.4 Å². The first kappa shape index (κ1) is 23.7. The largest absolute Gasteiger partial charge is 0.379 e. The summed E-state index contributed by atoms with van der Waals surface area (Å²) in [4.78, 5) is 25.0. The first-order valence-electron chi connectivity index (χ1n) is 12.3. The molecule has 192 valence electrons. The summed E-state index contributed by atoms with van der Waals surface area (Å²) in [6.45, 7) is 7.52. The van der Waals surface area contributed by atoms with E-state index in [4.69, 9.17) is 14.0 Å². The molecular weight excluding hydrogens is 481 g/mol. The molecule has 5 heterocycles. The second-order valence-corrected chi connectivity index (χ2v) is 9.99. The Hall–Kier alpha value is -3.66. The van der Waals surface area contributed by atoms with E-state index >= 15 is 0 Å². The summed E-state index contributed by atoms with van der Waals surface area (Å²) in [6.07, 6.45) is 2.75. The van der Waals surface area contributed by atoms with E-state index in [0.717, 1.165) is 25.9 Å². The maximum absolute atomic E-state index is 14.7. The lowest BCUT2D eigenvalue weighted by atomic mass is 10.1. The molecule has 3 aromatic heterocycles. The smallest absolute Gasteiger partial charge is 0.277 e.